The molecule has 234 valence electrons. The summed E-state index contributed by atoms with van der Waals surface area (Å²) in [4.78, 5) is 24.0. The Hall–Kier alpha value is -2.36. The van der Waals surface area contributed by atoms with Crippen molar-refractivity contribution in [3.63, 3.8) is 0 Å². The summed E-state index contributed by atoms with van der Waals surface area (Å²) in [6.07, 6.45) is 42.6. The van der Waals surface area contributed by atoms with Crippen LogP contribution in [0.15, 0.2) is 60.8 Å². The molecule has 0 aliphatic carbocycles. The third-order valence-corrected chi connectivity index (χ3v) is 6.67. The summed E-state index contributed by atoms with van der Waals surface area (Å²) in [7, 11) is 0. The van der Waals surface area contributed by atoms with Gasteiger partial charge in [-0.25, -0.2) is 0 Å². The average Bonchev–Trinajstić information content (AvgIpc) is 2.96. The molecule has 0 saturated heterocycles. The first-order valence-electron chi connectivity index (χ1n) is 16.7. The minimum Gasteiger partial charge on any atom is -0.462 e. The lowest BCUT2D eigenvalue weighted by molar-refractivity contribution is -0.158. The fraction of sp³-hybridized carbons (Fsp3) is 0.676. The van der Waals surface area contributed by atoms with Crippen LogP contribution < -0.4 is 0 Å². The quantitative estimate of drug-likeness (QED) is 0.0533. The third-order valence-electron chi connectivity index (χ3n) is 6.67. The Kier molecular flexibility index (Phi) is 30.3. The maximum absolute atomic E-state index is 12.0. The van der Waals surface area contributed by atoms with E-state index in [1.165, 1.54) is 38.5 Å². The van der Waals surface area contributed by atoms with Crippen molar-refractivity contribution < 1.29 is 19.1 Å². The molecule has 0 radical (unpaired) electrons. The summed E-state index contributed by atoms with van der Waals surface area (Å²) in [5.74, 6) is -0.407. The molecular formula is C37H62O4. The van der Waals surface area contributed by atoms with Gasteiger partial charge in [-0.05, 0) is 84.0 Å². The average molecular weight is 571 g/mol. The normalized spacial score (nSPS) is 13.0. The molecule has 0 aromatic carbocycles. The Balaban J connectivity index is 3.56. The van der Waals surface area contributed by atoms with Crippen molar-refractivity contribution in [3.05, 3.63) is 60.8 Å². The van der Waals surface area contributed by atoms with Crippen molar-refractivity contribution in [1.82, 2.24) is 0 Å². The van der Waals surface area contributed by atoms with Gasteiger partial charge in [0.2, 0.25) is 0 Å². The van der Waals surface area contributed by atoms with Gasteiger partial charge in [-0.3, -0.25) is 9.59 Å². The van der Waals surface area contributed by atoms with E-state index in [-0.39, 0.29) is 18.5 Å². The van der Waals surface area contributed by atoms with E-state index in [0.29, 0.717) is 12.8 Å². The van der Waals surface area contributed by atoms with E-state index in [1.54, 1.807) is 6.92 Å². The van der Waals surface area contributed by atoms with E-state index in [0.717, 1.165) is 77.0 Å². The number of hydrogen-bond donors (Lipinski definition) is 0. The van der Waals surface area contributed by atoms with E-state index in [2.05, 4.69) is 74.6 Å². The van der Waals surface area contributed by atoms with Gasteiger partial charge in [0, 0.05) is 12.8 Å². The second-order valence-electron chi connectivity index (χ2n) is 10.9. The van der Waals surface area contributed by atoms with Gasteiger partial charge in [-0.2, -0.15) is 0 Å². The van der Waals surface area contributed by atoms with Crippen molar-refractivity contribution in [3.8, 4) is 0 Å². The molecule has 4 heteroatoms. The Bertz CT molecular complexity index is 744. The molecule has 1 atom stereocenters. The lowest BCUT2D eigenvalue weighted by Crippen LogP contribution is -2.22. The molecule has 0 saturated carbocycles. The van der Waals surface area contributed by atoms with Gasteiger partial charge in [-0.15, -0.1) is 0 Å². The predicted molar refractivity (Wildman–Crippen MR) is 176 cm³/mol. The largest absolute Gasteiger partial charge is 0.462 e. The predicted octanol–water partition coefficient (Wildman–Crippen LogP) is 11.1. The molecule has 0 bridgehead atoms. The topological polar surface area (TPSA) is 52.6 Å². The highest BCUT2D eigenvalue weighted by molar-refractivity contribution is 5.70. The molecule has 0 N–H and O–H groups in total. The minimum absolute atomic E-state index is 0.138. The van der Waals surface area contributed by atoms with Crippen molar-refractivity contribution in [2.45, 2.75) is 155 Å². The molecule has 0 fully saturated rings. The van der Waals surface area contributed by atoms with Crippen molar-refractivity contribution >= 4 is 11.9 Å². The van der Waals surface area contributed by atoms with Crippen molar-refractivity contribution in [2.75, 3.05) is 6.61 Å². The van der Waals surface area contributed by atoms with Gasteiger partial charge in [0.05, 0.1) is 0 Å². The Morgan fingerprint density at radius 3 is 1.54 bits per heavy atom. The zero-order valence-corrected chi connectivity index (χ0v) is 26.8. The Labute approximate surface area is 253 Å². The number of allylic oxidation sites excluding steroid dienone is 10. The number of ether oxygens (including phenoxy) is 2. The number of unbranched alkanes of at least 4 members (excludes halogenated alkanes) is 11. The highest BCUT2D eigenvalue weighted by Crippen LogP contribution is 2.10. The fourth-order valence-electron chi connectivity index (χ4n) is 4.22. The monoisotopic (exact) mass is 570 g/mol. The molecule has 0 aliphatic heterocycles. The van der Waals surface area contributed by atoms with Gasteiger partial charge >= 0.3 is 11.9 Å². The van der Waals surface area contributed by atoms with Crippen molar-refractivity contribution in [2.24, 2.45) is 0 Å². The lowest BCUT2D eigenvalue weighted by atomic mass is 10.1. The van der Waals surface area contributed by atoms with Gasteiger partial charge in [0.25, 0.3) is 0 Å². The van der Waals surface area contributed by atoms with E-state index < -0.39 is 6.10 Å². The zero-order chi connectivity index (χ0) is 30.1. The summed E-state index contributed by atoms with van der Waals surface area (Å²) in [6.45, 7) is 6.30. The second-order valence-corrected chi connectivity index (χ2v) is 10.9. The zero-order valence-electron chi connectivity index (χ0n) is 26.8. The van der Waals surface area contributed by atoms with Gasteiger partial charge < -0.3 is 9.47 Å². The van der Waals surface area contributed by atoms with Crippen LogP contribution in [0.2, 0.25) is 0 Å². The summed E-state index contributed by atoms with van der Waals surface area (Å²) < 4.78 is 10.7. The number of rotatable bonds is 28. The molecular weight excluding hydrogens is 508 g/mol. The molecule has 0 aromatic rings. The van der Waals surface area contributed by atoms with Crippen LogP contribution >= 0.6 is 0 Å². The van der Waals surface area contributed by atoms with Crippen LogP contribution in [0.5, 0.6) is 0 Å². The molecule has 4 nitrogen and oxygen atoms in total. The van der Waals surface area contributed by atoms with E-state index in [4.69, 9.17) is 9.47 Å². The molecule has 41 heavy (non-hydrogen) atoms. The minimum atomic E-state index is -0.399. The summed E-state index contributed by atoms with van der Waals surface area (Å²) in [5, 5.41) is 0. The maximum Gasteiger partial charge on any atom is 0.306 e. The first-order valence-corrected chi connectivity index (χ1v) is 16.7. The number of carbonyl (C=O) groups is 2. The SMILES string of the molecule is CC/C=C\C/C=C\C/C=C\CCCCCC(=O)OC(C)COC(=O)CCCCCCC/C=C\C/C=C\CCCCC. The van der Waals surface area contributed by atoms with Gasteiger partial charge in [0.1, 0.15) is 12.7 Å². The highest BCUT2D eigenvalue weighted by Gasteiger charge is 2.12. The number of esters is 2. The smallest absolute Gasteiger partial charge is 0.306 e. The molecule has 0 heterocycles. The van der Waals surface area contributed by atoms with Crippen LogP contribution in [0.25, 0.3) is 0 Å². The van der Waals surface area contributed by atoms with Crippen molar-refractivity contribution in [1.29, 1.82) is 0 Å². The Morgan fingerprint density at radius 2 is 0.976 bits per heavy atom. The van der Waals surface area contributed by atoms with E-state index in [1.807, 2.05) is 0 Å². The first-order chi connectivity index (χ1) is 20.1. The van der Waals surface area contributed by atoms with Crippen LogP contribution in [0.4, 0.5) is 0 Å². The first kappa shape index (κ1) is 38.6. The van der Waals surface area contributed by atoms with Crippen LogP contribution in [-0.2, 0) is 19.1 Å². The molecule has 0 rings (SSSR count). The van der Waals surface area contributed by atoms with Crippen LogP contribution in [0.1, 0.15) is 149 Å². The summed E-state index contributed by atoms with van der Waals surface area (Å²) in [6, 6.07) is 0. The second kappa shape index (κ2) is 32.2. The molecule has 0 spiro atoms. The van der Waals surface area contributed by atoms with Crippen LogP contribution in [0, 0.1) is 0 Å². The summed E-state index contributed by atoms with van der Waals surface area (Å²) >= 11 is 0. The summed E-state index contributed by atoms with van der Waals surface area (Å²) in [5.41, 5.74) is 0. The number of hydrogen-bond acceptors (Lipinski definition) is 4. The maximum atomic E-state index is 12.0. The van der Waals surface area contributed by atoms with Gasteiger partial charge in [0.15, 0.2) is 0 Å². The number of carbonyl (C=O) groups excluding carboxylic acids is 2. The van der Waals surface area contributed by atoms with Gasteiger partial charge in [-0.1, -0.05) is 113 Å². The van der Waals surface area contributed by atoms with E-state index in [9.17, 15) is 9.59 Å². The van der Waals surface area contributed by atoms with Crippen LogP contribution in [0.3, 0.4) is 0 Å². The standard InChI is InChI=1S/C37H62O4/c1-4-6-8-10-12-14-16-18-19-21-22-24-26-28-30-32-36(38)40-34-35(3)41-37(39)33-31-29-27-25-23-20-17-15-13-11-9-7-5-2/h7,9,12-15,18-20,23,35H,4-6,8,10-11,16-17,21-22,24-34H2,1-3H3/b9-7-,14-12-,15-13-,19-18-,23-20-. The fourth-order valence-corrected chi connectivity index (χ4v) is 4.22. The Morgan fingerprint density at radius 1 is 0.537 bits per heavy atom. The molecule has 1 unspecified atom stereocenters. The highest BCUT2D eigenvalue weighted by atomic mass is 16.6. The van der Waals surface area contributed by atoms with Crippen LogP contribution in [-0.4, -0.2) is 24.6 Å². The molecule has 0 aromatic heterocycles. The molecule has 0 aliphatic rings. The third kappa shape index (κ3) is 32.0. The molecule has 0 amide bonds. The lowest BCUT2D eigenvalue weighted by Gasteiger charge is -2.13. The van der Waals surface area contributed by atoms with E-state index >= 15 is 0 Å².